The Hall–Kier alpha value is -2.61. The number of alkyl halides is 3. The Labute approximate surface area is 157 Å². The zero-order valence-electron chi connectivity index (χ0n) is 14.3. The molecular weight excluding hydrogens is 377 g/mol. The summed E-state index contributed by atoms with van der Waals surface area (Å²) in [6.07, 6.45) is -4.65. The molecule has 27 heavy (non-hydrogen) atoms. The van der Waals surface area contributed by atoms with Gasteiger partial charge in [0.2, 0.25) is 5.82 Å². The van der Waals surface area contributed by atoms with Gasteiger partial charge in [0.15, 0.2) is 5.78 Å². The van der Waals surface area contributed by atoms with Crippen LogP contribution < -0.4 is 4.74 Å². The number of hydrogen-bond donors (Lipinski definition) is 0. The summed E-state index contributed by atoms with van der Waals surface area (Å²) in [6, 6.07) is 13.1. The van der Waals surface area contributed by atoms with Crippen molar-refractivity contribution in [2.75, 3.05) is 12.4 Å². The first-order valence-corrected chi connectivity index (χ1v) is 9.10. The van der Waals surface area contributed by atoms with E-state index in [1.54, 1.807) is 42.5 Å². The molecule has 0 bridgehead atoms. The zero-order valence-corrected chi connectivity index (χ0v) is 15.1. The fourth-order valence-electron chi connectivity index (χ4n) is 2.41. The highest BCUT2D eigenvalue weighted by molar-refractivity contribution is 8.00. The van der Waals surface area contributed by atoms with Crippen LogP contribution in [0.3, 0.4) is 0 Å². The number of carbonyl (C=O) groups is 1. The topological polar surface area (TPSA) is 52.1 Å². The van der Waals surface area contributed by atoms with Gasteiger partial charge in [-0.15, -0.1) is 0 Å². The SMILES string of the molecule is CCOc1ccc(C(=O)CSc2nc(C(F)(F)F)nc3ccccc23)cc1. The number of benzene rings is 2. The fourth-order valence-corrected chi connectivity index (χ4v) is 3.32. The van der Waals surface area contributed by atoms with Gasteiger partial charge in [0.1, 0.15) is 10.8 Å². The van der Waals surface area contributed by atoms with Crippen molar-refractivity contribution in [3.05, 3.63) is 59.9 Å². The summed E-state index contributed by atoms with van der Waals surface area (Å²) in [4.78, 5) is 19.6. The Morgan fingerprint density at radius 2 is 1.78 bits per heavy atom. The van der Waals surface area contributed by atoms with Crippen molar-refractivity contribution in [1.29, 1.82) is 0 Å². The van der Waals surface area contributed by atoms with Crippen LogP contribution in [0.2, 0.25) is 0 Å². The summed E-state index contributed by atoms with van der Waals surface area (Å²) in [5.74, 6) is -0.804. The van der Waals surface area contributed by atoms with Crippen LogP contribution in [0, 0.1) is 0 Å². The van der Waals surface area contributed by atoms with Crippen molar-refractivity contribution in [3.63, 3.8) is 0 Å². The lowest BCUT2D eigenvalue weighted by atomic mass is 10.1. The van der Waals surface area contributed by atoms with Gasteiger partial charge >= 0.3 is 6.18 Å². The average Bonchev–Trinajstić information content (AvgIpc) is 2.65. The number of ether oxygens (including phenoxy) is 1. The quantitative estimate of drug-likeness (QED) is 0.335. The monoisotopic (exact) mass is 392 g/mol. The summed E-state index contributed by atoms with van der Waals surface area (Å²) < 4.78 is 44.5. The molecule has 0 aliphatic carbocycles. The van der Waals surface area contributed by atoms with Gasteiger partial charge in [0.05, 0.1) is 17.9 Å². The second kappa shape index (κ2) is 7.96. The molecule has 0 saturated heterocycles. The van der Waals surface area contributed by atoms with Gasteiger partial charge in [-0.25, -0.2) is 9.97 Å². The third-order valence-corrected chi connectivity index (χ3v) is 4.64. The first-order chi connectivity index (χ1) is 12.9. The number of hydrogen-bond acceptors (Lipinski definition) is 5. The highest BCUT2D eigenvalue weighted by Crippen LogP contribution is 2.32. The molecule has 0 amide bonds. The number of thioether (sulfide) groups is 1. The minimum absolute atomic E-state index is 0.0354. The van der Waals surface area contributed by atoms with Crippen molar-refractivity contribution < 1.29 is 22.7 Å². The number of aromatic nitrogens is 2. The van der Waals surface area contributed by atoms with Crippen LogP contribution in [0.5, 0.6) is 5.75 Å². The molecule has 3 rings (SSSR count). The number of para-hydroxylation sites is 1. The number of ketones is 1. The van der Waals surface area contributed by atoms with E-state index in [0.29, 0.717) is 23.3 Å². The van der Waals surface area contributed by atoms with Crippen molar-refractivity contribution in [1.82, 2.24) is 9.97 Å². The van der Waals surface area contributed by atoms with Gasteiger partial charge in [0.25, 0.3) is 0 Å². The Kier molecular flexibility index (Phi) is 5.65. The van der Waals surface area contributed by atoms with E-state index in [-0.39, 0.29) is 22.1 Å². The van der Waals surface area contributed by atoms with Crippen LogP contribution in [0.1, 0.15) is 23.1 Å². The van der Waals surface area contributed by atoms with E-state index in [0.717, 1.165) is 11.8 Å². The standard InChI is InChI=1S/C19H15F3N2O2S/c1-2-26-13-9-7-12(8-10-13)16(25)11-27-17-14-5-3-4-6-15(14)23-18(24-17)19(20,21)22/h3-10H,2,11H2,1H3. The summed E-state index contributed by atoms with van der Waals surface area (Å²) in [7, 11) is 0. The molecule has 0 saturated carbocycles. The Morgan fingerprint density at radius 1 is 1.07 bits per heavy atom. The second-order valence-corrected chi connectivity index (χ2v) is 6.50. The van der Waals surface area contributed by atoms with Crippen LogP contribution in [0.25, 0.3) is 10.9 Å². The maximum absolute atomic E-state index is 13.0. The van der Waals surface area contributed by atoms with Crippen LogP contribution in [-0.2, 0) is 6.18 Å². The minimum Gasteiger partial charge on any atom is -0.494 e. The molecule has 0 aliphatic heterocycles. The van der Waals surface area contributed by atoms with Gasteiger partial charge in [-0.05, 0) is 37.3 Å². The lowest BCUT2D eigenvalue weighted by Gasteiger charge is -2.10. The first-order valence-electron chi connectivity index (χ1n) is 8.11. The number of fused-ring (bicyclic) bond motifs is 1. The van der Waals surface area contributed by atoms with E-state index in [1.165, 1.54) is 6.07 Å². The molecular formula is C19H15F3N2O2S. The predicted molar refractivity (Wildman–Crippen MR) is 97.2 cm³/mol. The fraction of sp³-hybridized carbons (Fsp3) is 0.211. The van der Waals surface area contributed by atoms with E-state index in [9.17, 15) is 18.0 Å². The van der Waals surface area contributed by atoms with E-state index >= 15 is 0 Å². The maximum atomic E-state index is 13.0. The smallest absolute Gasteiger partial charge is 0.451 e. The van der Waals surface area contributed by atoms with Crippen LogP contribution in [0.4, 0.5) is 13.2 Å². The predicted octanol–water partition coefficient (Wildman–Crippen LogP) is 5.02. The summed E-state index contributed by atoms with van der Waals surface area (Å²) in [5.41, 5.74) is 0.649. The first kappa shape index (κ1) is 19.2. The van der Waals surface area contributed by atoms with E-state index in [2.05, 4.69) is 9.97 Å². The van der Waals surface area contributed by atoms with Crippen LogP contribution in [-0.4, -0.2) is 28.1 Å². The lowest BCUT2D eigenvalue weighted by Crippen LogP contribution is -2.12. The minimum atomic E-state index is -4.65. The Bertz CT molecular complexity index is 959. The molecule has 140 valence electrons. The van der Waals surface area contributed by atoms with Gasteiger partial charge in [-0.1, -0.05) is 30.0 Å². The van der Waals surface area contributed by atoms with Crippen molar-refractivity contribution in [2.45, 2.75) is 18.1 Å². The number of halogens is 3. The Morgan fingerprint density at radius 3 is 2.44 bits per heavy atom. The van der Waals surface area contributed by atoms with E-state index < -0.39 is 12.0 Å². The molecule has 0 aliphatic rings. The van der Waals surface area contributed by atoms with Crippen molar-refractivity contribution in [3.8, 4) is 5.75 Å². The number of nitrogens with zero attached hydrogens (tertiary/aromatic N) is 2. The molecule has 0 atom stereocenters. The zero-order chi connectivity index (χ0) is 19.4. The highest BCUT2D eigenvalue weighted by atomic mass is 32.2. The number of Topliss-reactive ketones (excluding diaryl/α,β-unsaturated/α-hetero) is 1. The van der Waals surface area contributed by atoms with Gasteiger partial charge < -0.3 is 4.74 Å². The number of carbonyl (C=O) groups excluding carboxylic acids is 1. The summed E-state index contributed by atoms with van der Waals surface area (Å²) in [6.45, 7) is 2.38. The largest absolute Gasteiger partial charge is 0.494 e. The second-order valence-electron chi connectivity index (χ2n) is 5.54. The summed E-state index contributed by atoms with van der Waals surface area (Å²) in [5, 5.41) is 0.613. The molecule has 1 aromatic heterocycles. The highest BCUT2D eigenvalue weighted by Gasteiger charge is 2.35. The van der Waals surface area contributed by atoms with E-state index in [1.807, 2.05) is 6.92 Å². The molecule has 0 spiro atoms. The van der Waals surface area contributed by atoms with Gasteiger partial charge in [-0.2, -0.15) is 13.2 Å². The van der Waals surface area contributed by atoms with Crippen molar-refractivity contribution >= 4 is 28.4 Å². The van der Waals surface area contributed by atoms with Crippen LogP contribution >= 0.6 is 11.8 Å². The molecule has 4 nitrogen and oxygen atoms in total. The van der Waals surface area contributed by atoms with Crippen LogP contribution in [0.15, 0.2) is 53.6 Å². The molecule has 0 radical (unpaired) electrons. The average molecular weight is 392 g/mol. The molecule has 8 heteroatoms. The van der Waals surface area contributed by atoms with Crippen molar-refractivity contribution in [2.24, 2.45) is 0 Å². The van der Waals surface area contributed by atoms with E-state index in [4.69, 9.17) is 4.74 Å². The number of rotatable bonds is 6. The molecule has 0 unspecified atom stereocenters. The van der Waals surface area contributed by atoms with Gasteiger partial charge in [0, 0.05) is 10.9 Å². The van der Waals surface area contributed by atoms with Gasteiger partial charge in [-0.3, -0.25) is 4.79 Å². The molecule has 0 fully saturated rings. The molecule has 2 aromatic carbocycles. The Balaban J connectivity index is 1.82. The normalized spacial score (nSPS) is 11.6. The summed E-state index contributed by atoms with van der Waals surface area (Å²) >= 11 is 0.966. The third-order valence-electron chi connectivity index (χ3n) is 3.65. The molecule has 3 aromatic rings. The third kappa shape index (κ3) is 4.57. The molecule has 0 N–H and O–H groups in total. The lowest BCUT2D eigenvalue weighted by molar-refractivity contribution is -0.145. The molecule has 1 heterocycles. The maximum Gasteiger partial charge on any atom is 0.451 e.